The topological polar surface area (TPSA) is 0 Å². The van der Waals surface area contributed by atoms with Crippen LogP contribution >= 0.6 is 0 Å². The molecule has 0 nitrogen and oxygen atoms in total. The van der Waals surface area contributed by atoms with Crippen LogP contribution in [0.15, 0.2) is 36.4 Å². The molecule has 1 aliphatic carbocycles. The Morgan fingerprint density at radius 1 is 1.29 bits per heavy atom. The third kappa shape index (κ3) is 2.06. The normalized spacial score (nSPS) is 21.1. The lowest BCUT2D eigenvalue weighted by Crippen LogP contribution is -2.13. The number of aryl methyl sites for hydroxylation is 1. The lowest BCUT2D eigenvalue weighted by Gasteiger charge is -2.23. The van der Waals surface area contributed by atoms with E-state index >= 15 is 0 Å². The van der Waals surface area contributed by atoms with Crippen molar-refractivity contribution in [3.05, 3.63) is 47.5 Å². The van der Waals surface area contributed by atoms with E-state index in [2.05, 4.69) is 43.3 Å². The Balaban J connectivity index is 2.06. The van der Waals surface area contributed by atoms with Gasteiger partial charge in [-0.2, -0.15) is 0 Å². The summed E-state index contributed by atoms with van der Waals surface area (Å²) in [6.45, 7) is 2.11. The second-order valence-corrected chi connectivity index (χ2v) is 4.18. The summed E-state index contributed by atoms with van der Waals surface area (Å²) in [5.74, 6) is 0.876. The molecular formula is C14H18. The standard InChI is InChI=1S/C14H18/c1-2-3-6-12-9-10-13-7-4-5-8-14(13)11-12/h2-5,7-8,12H,6,9-11H2,1H3/b3-2+. The maximum absolute atomic E-state index is 2.30. The summed E-state index contributed by atoms with van der Waals surface area (Å²) in [5, 5.41) is 0. The quantitative estimate of drug-likeness (QED) is 0.617. The minimum absolute atomic E-state index is 0.876. The summed E-state index contributed by atoms with van der Waals surface area (Å²) in [6.07, 6.45) is 9.64. The van der Waals surface area contributed by atoms with Crippen LogP contribution in [0.2, 0.25) is 0 Å². The summed E-state index contributed by atoms with van der Waals surface area (Å²) in [7, 11) is 0. The predicted molar refractivity (Wildman–Crippen MR) is 61.4 cm³/mol. The van der Waals surface area contributed by atoms with Crippen molar-refractivity contribution in [1.29, 1.82) is 0 Å². The molecule has 0 heterocycles. The van der Waals surface area contributed by atoms with Crippen molar-refractivity contribution in [3.63, 3.8) is 0 Å². The summed E-state index contributed by atoms with van der Waals surface area (Å²) >= 11 is 0. The minimum Gasteiger partial charge on any atom is -0.0917 e. The van der Waals surface area contributed by atoms with Crippen LogP contribution in [0.4, 0.5) is 0 Å². The Hall–Kier alpha value is -1.04. The highest BCUT2D eigenvalue weighted by molar-refractivity contribution is 5.29. The zero-order valence-electron chi connectivity index (χ0n) is 8.87. The van der Waals surface area contributed by atoms with Gasteiger partial charge in [0.25, 0.3) is 0 Å². The Bertz CT molecular complexity index is 323. The fourth-order valence-electron chi connectivity index (χ4n) is 2.30. The second-order valence-electron chi connectivity index (χ2n) is 4.18. The van der Waals surface area contributed by atoms with Gasteiger partial charge in [0.1, 0.15) is 0 Å². The molecule has 1 aromatic rings. The van der Waals surface area contributed by atoms with E-state index in [1.807, 2.05) is 0 Å². The van der Waals surface area contributed by atoms with E-state index in [1.165, 1.54) is 25.7 Å². The van der Waals surface area contributed by atoms with Crippen LogP contribution in [0, 0.1) is 5.92 Å². The van der Waals surface area contributed by atoms with Crippen molar-refractivity contribution >= 4 is 0 Å². The van der Waals surface area contributed by atoms with Gasteiger partial charge in [-0.25, -0.2) is 0 Å². The van der Waals surface area contributed by atoms with Gasteiger partial charge < -0.3 is 0 Å². The average molecular weight is 186 g/mol. The van der Waals surface area contributed by atoms with Crippen molar-refractivity contribution in [2.24, 2.45) is 5.92 Å². The van der Waals surface area contributed by atoms with Crippen LogP contribution in [0.3, 0.4) is 0 Å². The number of benzene rings is 1. The predicted octanol–water partition coefficient (Wildman–Crippen LogP) is 3.76. The highest BCUT2D eigenvalue weighted by Crippen LogP contribution is 2.27. The molecule has 0 radical (unpaired) electrons. The van der Waals surface area contributed by atoms with Crippen molar-refractivity contribution in [2.75, 3.05) is 0 Å². The molecule has 0 bridgehead atoms. The molecule has 1 aliphatic rings. The van der Waals surface area contributed by atoms with Gasteiger partial charge in [-0.05, 0) is 49.7 Å². The minimum atomic E-state index is 0.876. The third-order valence-corrected chi connectivity index (χ3v) is 3.15. The molecule has 0 spiro atoms. The molecule has 0 saturated heterocycles. The van der Waals surface area contributed by atoms with Gasteiger partial charge >= 0.3 is 0 Å². The monoisotopic (exact) mass is 186 g/mol. The first-order chi connectivity index (χ1) is 6.90. The molecule has 0 aliphatic heterocycles. The SMILES string of the molecule is C/C=C/CC1CCc2ccccc2C1. The van der Waals surface area contributed by atoms with Gasteiger partial charge in [-0.3, -0.25) is 0 Å². The lowest BCUT2D eigenvalue weighted by molar-refractivity contribution is 0.463. The zero-order chi connectivity index (χ0) is 9.80. The summed E-state index contributed by atoms with van der Waals surface area (Å²) in [4.78, 5) is 0. The number of hydrogen-bond acceptors (Lipinski definition) is 0. The molecule has 0 amide bonds. The van der Waals surface area contributed by atoms with Crippen LogP contribution in [0.5, 0.6) is 0 Å². The first-order valence-electron chi connectivity index (χ1n) is 5.58. The Morgan fingerprint density at radius 3 is 2.86 bits per heavy atom. The van der Waals surface area contributed by atoms with E-state index in [-0.39, 0.29) is 0 Å². The van der Waals surface area contributed by atoms with E-state index in [0.717, 1.165) is 5.92 Å². The van der Waals surface area contributed by atoms with Gasteiger partial charge in [-0.1, -0.05) is 36.4 Å². The van der Waals surface area contributed by atoms with Crippen molar-refractivity contribution < 1.29 is 0 Å². The lowest BCUT2D eigenvalue weighted by atomic mass is 9.82. The van der Waals surface area contributed by atoms with Crippen LogP contribution in [0.1, 0.15) is 30.9 Å². The maximum atomic E-state index is 2.30. The second kappa shape index (κ2) is 4.45. The highest BCUT2D eigenvalue weighted by atomic mass is 14.2. The van der Waals surface area contributed by atoms with Crippen molar-refractivity contribution in [2.45, 2.75) is 32.6 Å². The Morgan fingerprint density at radius 2 is 2.07 bits per heavy atom. The van der Waals surface area contributed by atoms with Crippen molar-refractivity contribution in [1.82, 2.24) is 0 Å². The molecule has 0 N–H and O–H groups in total. The van der Waals surface area contributed by atoms with Crippen LogP contribution in [-0.2, 0) is 12.8 Å². The summed E-state index contributed by atoms with van der Waals surface area (Å²) < 4.78 is 0. The molecular weight excluding hydrogens is 168 g/mol. The first kappa shape index (κ1) is 9.51. The molecule has 1 atom stereocenters. The first-order valence-corrected chi connectivity index (χ1v) is 5.58. The number of hydrogen-bond donors (Lipinski definition) is 0. The molecule has 1 unspecified atom stereocenters. The van der Waals surface area contributed by atoms with E-state index in [4.69, 9.17) is 0 Å². The van der Waals surface area contributed by atoms with Crippen LogP contribution in [0.25, 0.3) is 0 Å². The van der Waals surface area contributed by atoms with Gasteiger partial charge in [-0.15, -0.1) is 0 Å². The molecule has 2 rings (SSSR count). The smallest absolute Gasteiger partial charge is 0.0245 e. The van der Waals surface area contributed by atoms with E-state index in [9.17, 15) is 0 Å². The van der Waals surface area contributed by atoms with Crippen LogP contribution in [-0.4, -0.2) is 0 Å². The van der Waals surface area contributed by atoms with Gasteiger partial charge in [0.2, 0.25) is 0 Å². The largest absolute Gasteiger partial charge is 0.0917 e. The zero-order valence-corrected chi connectivity index (χ0v) is 8.87. The molecule has 0 aromatic heterocycles. The Kier molecular flexibility index (Phi) is 3.03. The maximum Gasteiger partial charge on any atom is -0.0245 e. The van der Waals surface area contributed by atoms with Gasteiger partial charge in [0.05, 0.1) is 0 Å². The summed E-state index contributed by atoms with van der Waals surface area (Å²) in [5.41, 5.74) is 3.15. The van der Waals surface area contributed by atoms with Gasteiger partial charge in [0.15, 0.2) is 0 Å². The molecule has 0 saturated carbocycles. The van der Waals surface area contributed by atoms with E-state index < -0.39 is 0 Å². The molecule has 1 aromatic carbocycles. The van der Waals surface area contributed by atoms with E-state index in [0.29, 0.717) is 0 Å². The molecule has 0 heteroatoms. The van der Waals surface area contributed by atoms with Crippen molar-refractivity contribution in [3.8, 4) is 0 Å². The number of fused-ring (bicyclic) bond motifs is 1. The molecule has 74 valence electrons. The van der Waals surface area contributed by atoms with Gasteiger partial charge in [0, 0.05) is 0 Å². The molecule has 0 fully saturated rings. The Labute approximate surface area is 86.7 Å². The third-order valence-electron chi connectivity index (χ3n) is 3.15. The number of allylic oxidation sites excluding steroid dienone is 2. The van der Waals surface area contributed by atoms with E-state index in [1.54, 1.807) is 11.1 Å². The van der Waals surface area contributed by atoms with Crippen LogP contribution < -0.4 is 0 Å². The summed E-state index contributed by atoms with van der Waals surface area (Å²) in [6, 6.07) is 8.89. The fraction of sp³-hybridized carbons (Fsp3) is 0.429. The fourth-order valence-corrected chi connectivity index (χ4v) is 2.30. The number of rotatable bonds is 2. The molecule has 14 heavy (non-hydrogen) atoms. The highest BCUT2D eigenvalue weighted by Gasteiger charge is 2.16. The average Bonchev–Trinajstić information content (AvgIpc) is 2.26.